The monoisotopic (exact) mass is 148 g/mol. The summed E-state index contributed by atoms with van der Waals surface area (Å²) in [5.41, 5.74) is 0. The molecular weight excluding hydrogens is 136 g/mol. The third-order valence-corrected chi connectivity index (χ3v) is 3.07. The minimum Gasteiger partial charge on any atom is -0.289 e. The highest BCUT2D eigenvalue weighted by molar-refractivity contribution is 5.72. The Morgan fingerprint density at radius 1 is 1.27 bits per heavy atom. The van der Waals surface area contributed by atoms with E-state index in [1.807, 2.05) is 0 Å². The molecule has 3 unspecified atom stereocenters. The molecular formula is C10H12O. The number of aldehydes is 1. The van der Waals surface area contributed by atoms with Crippen molar-refractivity contribution < 1.29 is 4.79 Å². The zero-order valence-electron chi connectivity index (χ0n) is 6.55. The summed E-state index contributed by atoms with van der Waals surface area (Å²) in [7, 11) is 0. The molecule has 1 nitrogen and oxygen atoms in total. The quantitative estimate of drug-likeness (QED) is 0.377. The maximum atomic E-state index is 9.99. The van der Waals surface area contributed by atoms with Gasteiger partial charge in [0.2, 0.25) is 0 Å². The van der Waals surface area contributed by atoms with Gasteiger partial charge in [-0.2, -0.15) is 0 Å². The van der Waals surface area contributed by atoms with E-state index >= 15 is 0 Å². The fraction of sp³-hybridized carbons (Fsp3) is 0.700. The molecule has 2 rings (SSSR count). The van der Waals surface area contributed by atoms with Gasteiger partial charge < -0.3 is 0 Å². The average molecular weight is 148 g/mol. The Kier molecular flexibility index (Phi) is 1.69. The van der Waals surface area contributed by atoms with Crippen molar-refractivity contribution in [1.29, 1.82) is 0 Å². The van der Waals surface area contributed by atoms with Gasteiger partial charge in [-0.1, -0.05) is 12.3 Å². The smallest absolute Gasteiger partial charge is 0.192 e. The average Bonchev–Trinajstić information content (AvgIpc) is 2.60. The molecule has 0 heterocycles. The van der Waals surface area contributed by atoms with Gasteiger partial charge in [0.15, 0.2) is 6.29 Å². The molecule has 0 aliphatic heterocycles. The minimum absolute atomic E-state index is 0.555. The third-order valence-electron chi connectivity index (χ3n) is 3.07. The summed E-state index contributed by atoms with van der Waals surface area (Å²) in [6.07, 6.45) is 6.10. The molecule has 2 saturated carbocycles. The second-order valence-corrected chi connectivity index (χ2v) is 3.69. The molecule has 0 N–H and O–H groups in total. The fourth-order valence-corrected chi connectivity index (χ4v) is 2.56. The Bertz CT molecular complexity index is 221. The zero-order chi connectivity index (χ0) is 7.68. The first-order chi connectivity index (χ1) is 5.40. The summed E-state index contributed by atoms with van der Waals surface area (Å²) < 4.78 is 0. The van der Waals surface area contributed by atoms with E-state index in [4.69, 9.17) is 0 Å². The molecule has 0 aromatic rings. The highest BCUT2D eigenvalue weighted by Crippen LogP contribution is 2.47. The fourth-order valence-electron chi connectivity index (χ4n) is 2.56. The van der Waals surface area contributed by atoms with E-state index in [1.165, 1.54) is 25.7 Å². The topological polar surface area (TPSA) is 17.1 Å². The van der Waals surface area contributed by atoms with E-state index in [-0.39, 0.29) is 0 Å². The Morgan fingerprint density at radius 3 is 2.73 bits per heavy atom. The molecule has 2 fully saturated rings. The number of carbonyl (C=O) groups excluding carboxylic acids is 1. The van der Waals surface area contributed by atoms with Crippen LogP contribution in [0.15, 0.2) is 0 Å². The third kappa shape index (κ3) is 1.18. The van der Waals surface area contributed by atoms with E-state index in [2.05, 4.69) is 11.8 Å². The lowest BCUT2D eigenvalue weighted by atomic mass is 9.89. The molecule has 0 amide bonds. The van der Waals surface area contributed by atoms with Crippen LogP contribution in [0.25, 0.3) is 0 Å². The van der Waals surface area contributed by atoms with Crippen LogP contribution >= 0.6 is 0 Å². The van der Waals surface area contributed by atoms with Gasteiger partial charge in [0.25, 0.3) is 0 Å². The number of carbonyl (C=O) groups is 1. The van der Waals surface area contributed by atoms with Crippen molar-refractivity contribution in [1.82, 2.24) is 0 Å². The van der Waals surface area contributed by atoms with Crippen LogP contribution < -0.4 is 0 Å². The van der Waals surface area contributed by atoms with Crippen LogP contribution in [-0.2, 0) is 4.79 Å². The molecule has 0 aromatic heterocycles. The standard InChI is InChI=1S/C10H12O/c11-5-1-2-9-6-8-3-4-10(9)7-8/h5,8-10H,3-4,6-7H2. The van der Waals surface area contributed by atoms with Gasteiger partial charge in [0.1, 0.15) is 0 Å². The van der Waals surface area contributed by atoms with Crippen LogP contribution in [-0.4, -0.2) is 6.29 Å². The Morgan fingerprint density at radius 2 is 2.18 bits per heavy atom. The molecule has 2 aliphatic carbocycles. The summed E-state index contributed by atoms with van der Waals surface area (Å²) in [5, 5.41) is 0. The first kappa shape index (κ1) is 6.91. The summed E-state index contributed by atoms with van der Waals surface area (Å²) >= 11 is 0. The zero-order valence-corrected chi connectivity index (χ0v) is 6.55. The summed E-state index contributed by atoms with van der Waals surface area (Å²) in [5.74, 6) is 7.91. The molecule has 0 aromatic carbocycles. The van der Waals surface area contributed by atoms with Crippen molar-refractivity contribution in [3.8, 4) is 11.8 Å². The molecule has 2 bridgehead atoms. The van der Waals surface area contributed by atoms with Gasteiger partial charge in [-0.15, -0.1) is 0 Å². The van der Waals surface area contributed by atoms with Crippen molar-refractivity contribution in [3.63, 3.8) is 0 Å². The van der Waals surface area contributed by atoms with Crippen LogP contribution in [0.1, 0.15) is 25.7 Å². The number of hydrogen-bond acceptors (Lipinski definition) is 1. The van der Waals surface area contributed by atoms with Crippen molar-refractivity contribution in [2.75, 3.05) is 0 Å². The maximum absolute atomic E-state index is 9.99. The predicted octanol–water partition coefficient (Wildman–Crippen LogP) is 1.62. The van der Waals surface area contributed by atoms with Gasteiger partial charge in [-0.25, -0.2) is 0 Å². The molecule has 0 saturated heterocycles. The Balaban J connectivity index is 2.02. The van der Waals surface area contributed by atoms with Crippen LogP contribution in [0, 0.1) is 29.6 Å². The molecule has 11 heavy (non-hydrogen) atoms. The van der Waals surface area contributed by atoms with Crippen molar-refractivity contribution in [2.24, 2.45) is 17.8 Å². The maximum Gasteiger partial charge on any atom is 0.192 e. The second-order valence-electron chi connectivity index (χ2n) is 3.69. The first-order valence-electron chi connectivity index (χ1n) is 4.35. The van der Waals surface area contributed by atoms with Gasteiger partial charge in [0.05, 0.1) is 0 Å². The highest BCUT2D eigenvalue weighted by atomic mass is 16.1. The predicted molar refractivity (Wildman–Crippen MR) is 42.8 cm³/mol. The first-order valence-corrected chi connectivity index (χ1v) is 4.35. The molecule has 58 valence electrons. The van der Waals surface area contributed by atoms with E-state index in [0.717, 1.165) is 11.8 Å². The molecule has 1 heteroatoms. The lowest BCUT2D eigenvalue weighted by Crippen LogP contribution is -2.07. The molecule has 0 radical (unpaired) electrons. The Labute approximate surface area is 67.2 Å². The molecule has 0 spiro atoms. The normalized spacial score (nSPS) is 39.8. The van der Waals surface area contributed by atoms with Crippen molar-refractivity contribution >= 4 is 6.29 Å². The Hall–Kier alpha value is -0.770. The lowest BCUT2D eigenvalue weighted by molar-refractivity contribution is -0.103. The number of hydrogen-bond donors (Lipinski definition) is 0. The van der Waals surface area contributed by atoms with Crippen molar-refractivity contribution in [3.05, 3.63) is 0 Å². The van der Waals surface area contributed by atoms with Crippen LogP contribution in [0.4, 0.5) is 0 Å². The minimum atomic E-state index is 0.555. The number of fused-ring (bicyclic) bond motifs is 2. The van der Waals surface area contributed by atoms with Gasteiger partial charge in [-0.05, 0) is 37.0 Å². The second kappa shape index (κ2) is 2.70. The van der Waals surface area contributed by atoms with E-state index in [0.29, 0.717) is 12.2 Å². The highest BCUT2D eigenvalue weighted by Gasteiger charge is 2.38. The van der Waals surface area contributed by atoms with E-state index in [1.54, 1.807) is 0 Å². The summed E-state index contributed by atoms with van der Waals surface area (Å²) in [4.78, 5) is 9.99. The summed E-state index contributed by atoms with van der Waals surface area (Å²) in [6.45, 7) is 0. The number of rotatable bonds is 0. The summed E-state index contributed by atoms with van der Waals surface area (Å²) in [6, 6.07) is 0. The van der Waals surface area contributed by atoms with E-state index < -0.39 is 0 Å². The lowest BCUT2D eigenvalue weighted by Gasteiger charge is -2.14. The van der Waals surface area contributed by atoms with Gasteiger partial charge in [-0.3, -0.25) is 4.79 Å². The van der Waals surface area contributed by atoms with Crippen LogP contribution in [0.2, 0.25) is 0 Å². The van der Waals surface area contributed by atoms with Crippen LogP contribution in [0.5, 0.6) is 0 Å². The molecule has 2 aliphatic rings. The van der Waals surface area contributed by atoms with Gasteiger partial charge >= 0.3 is 0 Å². The van der Waals surface area contributed by atoms with Crippen LogP contribution in [0.3, 0.4) is 0 Å². The van der Waals surface area contributed by atoms with E-state index in [9.17, 15) is 4.79 Å². The van der Waals surface area contributed by atoms with Crippen molar-refractivity contribution in [2.45, 2.75) is 25.7 Å². The van der Waals surface area contributed by atoms with Gasteiger partial charge in [0, 0.05) is 5.92 Å². The molecule has 3 atom stereocenters. The largest absolute Gasteiger partial charge is 0.289 e. The SMILES string of the molecule is O=CC#CC1CC2CCC1C2.